The van der Waals surface area contributed by atoms with Gasteiger partial charge in [0.25, 0.3) is 0 Å². The number of nitrogens with one attached hydrogen (secondary N) is 1. The van der Waals surface area contributed by atoms with Crippen LogP contribution >= 0.6 is 11.8 Å². The summed E-state index contributed by atoms with van der Waals surface area (Å²) in [4.78, 5) is 12.7. The second-order valence-corrected chi connectivity index (χ2v) is 6.31. The van der Waals surface area contributed by atoms with E-state index < -0.39 is 11.4 Å². The molecule has 4 heteroatoms. The van der Waals surface area contributed by atoms with Crippen molar-refractivity contribution in [1.29, 1.82) is 0 Å². The SMILES string of the molecule is CCSc1cccc(CNCC(CC)(CC)C(=O)O)c1. The third-order valence-corrected chi connectivity index (χ3v) is 4.69. The van der Waals surface area contributed by atoms with Crippen molar-refractivity contribution in [1.82, 2.24) is 5.32 Å². The van der Waals surface area contributed by atoms with Crippen LogP contribution in [0.1, 0.15) is 39.2 Å². The molecule has 0 aliphatic carbocycles. The zero-order valence-corrected chi connectivity index (χ0v) is 13.4. The number of benzene rings is 1. The molecule has 1 aromatic rings. The molecule has 0 aromatic heterocycles. The van der Waals surface area contributed by atoms with Crippen molar-refractivity contribution in [2.24, 2.45) is 5.41 Å². The molecular weight excluding hydrogens is 270 g/mol. The Morgan fingerprint density at radius 2 is 2.00 bits per heavy atom. The lowest BCUT2D eigenvalue weighted by Gasteiger charge is -2.27. The summed E-state index contributed by atoms with van der Waals surface area (Å²) in [6.45, 7) is 7.25. The highest BCUT2D eigenvalue weighted by Crippen LogP contribution is 2.26. The van der Waals surface area contributed by atoms with Gasteiger partial charge in [-0.15, -0.1) is 11.8 Å². The molecule has 0 bridgehead atoms. The van der Waals surface area contributed by atoms with E-state index in [9.17, 15) is 9.90 Å². The van der Waals surface area contributed by atoms with Gasteiger partial charge in [-0.1, -0.05) is 32.9 Å². The zero-order chi connectivity index (χ0) is 15.0. The maximum absolute atomic E-state index is 11.4. The van der Waals surface area contributed by atoms with Gasteiger partial charge in [0, 0.05) is 18.0 Å². The van der Waals surface area contributed by atoms with E-state index in [1.807, 2.05) is 25.6 Å². The Morgan fingerprint density at radius 1 is 1.30 bits per heavy atom. The lowest BCUT2D eigenvalue weighted by atomic mass is 9.82. The second-order valence-electron chi connectivity index (χ2n) is 4.98. The number of rotatable bonds is 9. The van der Waals surface area contributed by atoms with Crippen LogP contribution in [-0.4, -0.2) is 23.4 Å². The van der Waals surface area contributed by atoms with Crippen LogP contribution < -0.4 is 5.32 Å². The van der Waals surface area contributed by atoms with Crippen LogP contribution in [0.4, 0.5) is 0 Å². The molecule has 0 saturated heterocycles. The van der Waals surface area contributed by atoms with Gasteiger partial charge in [0.1, 0.15) is 0 Å². The highest BCUT2D eigenvalue weighted by Gasteiger charge is 2.34. The summed E-state index contributed by atoms with van der Waals surface area (Å²) in [5.74, 6) is 0.357. The van der Waals surface area contributed by atoms with Crippen LogP contribution in [0.15, 0.2) is 29.2 Å². The molecule has 0 aliphatic rings. The molecule has 0 fully saturated rings. The Labute approximate surface area is 126 Å². The molecule has 0 unspecified atom stereocenters. The molecular formula is C16H25NO2S. The van der Waals surface area contributed by atoms with E-state index in [4.69, 9.17) is 0 Å². The quantitative estimate of drug-likeness (QED) is 0.681. The van der Waals surface area contributed by atoms with E-state index in [0.717, 1.165) is 5.75 Å². The predicted molar refractivity (Wildman–Crippen MR) is 85.2 cm³/mol. The van der Waals surface area contributed by atoms with E-state index in [1.165, 1.54) is 10.5 Å². The topological polar surface area (TPSA) is 49.3 Å². The monoisotopic (exact) mass is 295 g/mol. The number of thioether (sulfide) groups is 1. The van der Waals surface area contributed by atoms with Gasteiger partial charge in [-0.3, -0.25) is 4.79 Å². The number of carboxylic acids is 1. The van der Waals surface area contributed by atoms with Crippen LogP contribution in [-0.2, 0) is 11.3 Å². The Kier molecular flexibility index (Phi) is 7.10. The summed E-state index contributed by atoms with van der Waals surface area (Å²) in [5.41, 5.74) is 0.561. The summed E-state index contributed by atoms with van der Waals surface area (Å²) >= 11 is 1.82. The van der Waals surface area contributed by atoms with Gasteiger partial charge in [0.05, 0.1) is 5.41 Å². The van der Waals surface area contributed by atoms with Crippen LogP contribution in [0.3, 0.4) is 0 Å². The molecule has 2 N–H and O–H groups in total. The van der Waals surface area contributed by atoms with E-state index in [2.05, 4.69) is 36.5 Å². The van der Waals surface area contributed by atoms with Crippen molar-refractivity contribution in [2.45, 2.75) is 45.1 Å². The molecule has 0 aliphatic heterocycles. The molecule has 0 atom stereocenters. The van der Waals surface area contributed by atoms with Crippen molar-refractivity contribution >= 4 is 17.7 Å². The first-order chi connectivity index (χ1) is 9.57. The maximum Gasteiger partial charge on any atom is 0.310 e. The number of hydrogen-bond donors (Lipinski definition) is 2. The van der Waals surface area contributed by atoms with Crippen molar-refractivity contribution in [3.05, 3.63) is 29.8 Å². The first kappa shape index (κ1) is 17.1. The molecule has 1 rings (SSSR count). The summed E-state index contributed by atoms with van der Waals surface area (Å²) in [5, 5.41) is 12.7. The maximum atomic E-state index is 11.4. The zero-order valence-electron chi connectivity index (χ0n) is 12.6. The molecule has 0 heterocycles. The Balaban J connectivity index is 2.58. The summed E-state index contributed by atoms with van der Waals surface area (Å²) in [6.07, 6.45) is 1.30. The molecule has 0 radical (unpaired) electrons. The highest BCUT2D eigenvalue weighted by atomic mass is 32.2. The van der Waals surface area contributed by atoms with Crippen molar-refractivity contribution in [2.75, 3.05) is 12.3 Å². The average molecular weight is 295 g/mol. The number of carboxylic acid groups (broad SMARTS) is 1. The van der Waals surface area contributed by atoms with Gasteiger partial charge in [-0.05, 0) is 36.3 Å². The fourth-order valence-electron chi connectivity index (χ4n) is 2.24. The van der Waals surface area contributed by atoms with Gasteiger partial charge in [0.15, 0.2) is 0 Å². The normalized spacial score (nSPS) is 11.6. The van der Waals surface area contributed by atoms with Crippen LogP contribution in [0.25, 0.3) is 0 Å². The van der Waals surface area contributed by atoms with E-state index in [0.29, 0.717) is 25.9 Å². The van der Waals surface area contributed by atoms with Crippen LogP contribution in [0, 0.1) is 5.41 Å². The van der Waals surface area contributed by atoms with Gasteiger partial charge in [0.2, 0.25) is 0 Å². The fraction of sp³-hybridized carbons (Fsp3) is 0.562. The summed E-state index contributed by atoms with van der Waals surface area (Å²) in [6, 6.07) is 8.41. The van der Waals surface area contributed by atoms with Gasteiger partial charge < -0.3 is 10.4 Å². The second kappa shape index (κ2) is 8.32. The number of aliphatic carboxylic acids is 1. The van der Waals surface area contributed by atoms with Crippen LogP contribution in [0.2, 0.25) is 0 Å². The highest BCUT2D eigenvalue weighted by molar-refractivity contribution is 7.99. The molecule has 3 nitrogen and oxygen atoms in total. The van der Waals surface area contributed by atoms with Gasteiger partial charge >= 0.3 is 5.97 Å². The molecule has 0 amide bonds. The largest absolute Gasteiger partial charge is 0.481 e. The minimum Gasteiger partial charge on any atom is -0.481 e. The molecule has 1 aromatic carbocycles. The first-order valence-electron chi connectivity index (χ1n) is 7.23. The van der Waals surface area contributed by atoms with Gasteiger partial charge in [-0.2, -0.15) is 0 Å². The van der Waals surface area contributed by atoms with E-state index in [1.54, 1.807) is 0 Å². The first-order valence-corrected chi connectivity index (χ1v) is 8.22. The lowest BCUT2D eigenvalue weighted by Crippen LogP contribution is -2.40. The van der Waals surface area contributed by atoms with Crippen LogP contribution in [0.5, 0.6) is 0 Å². The minimum atomic E-state index is -0.703. The summed E-state index contributed by atoms with van der Waals surface area (Å²) in [7, 11) is 0. The third kappa shape index (κ3) is 4.53. The lowest BCUT2D eigenvalue weighted by molar-refractivity contribution is -0.149. The Bertz CT molecular complexity index is 430. The minimum absolute atomic E-state index is 0.514. The Morgan fingerprint density at radius 3 is 2.55 bits per heavy atom. The number of hydrogen-bond acceptors (Lipinski definition) is 3. The Hall–Kier alpha value is -1.00. The average Bonchev–Trinajstić information content (AvgIpc) is 2.44. The standard InChI is InChI=1S/C16H25NO2S/c1-4-16(5-2,15(18)19)12-17-11-13-8-7-9-14(10-13)20-6-3/h7-10,17H,4-6,11-12H2,1-3H3,(H,18,19). The smallest absolute Gasteiger partial charge is 0.310 e. The third-order valence-electron chi connectivity index (χ3n) is 3.81. The van der Waals surface area contributed by atoms with Gasteiger partial charge in [-0.25, -0.2) is 0 Å². The van der Waals surface area contributed by atoms with Crippen molar-refractivity contribution in [3.8, 4) is 0 Å². The molecule has 0 saturated carbocycles. The number of carbonyl (C=O) groups is 1. The van der Waals surface area contributed by atoms with E-state index >= 15 is 0 Å². The summed E-state index contributed by atoms with van der Waals surface area (Å²) < 4.78 is 0. The van der Waals surface area contributed by atoms with Crippen molar-refractivity contribution in [3.63, 3.8) is 0 Å². The van der Waals surface area contributed by atoms with E-state index in [-0.39, 0.29) is 0 Å². The molecule has 0 spiro atoms. The molecule has 20 heavy (non-hydrogen) atoms. The molecule has 112 valence electrons. The fourth-order valence-corrected chi connectivity index (χ4v) is 2.98. The van der Waals surface area contributed by atoms with Crippen molar-refractivity contribution < 1.29 is 9.90 Å². The predicted octanol–water partition coefficient (Wildman–Crippen LogP) is 3.78.